The number of aromatic nitrogens is 3. The van der Waals surface area contributed by atoms with Gasteiger partial charge in [0.1, 0.15) is 5.82 Å². The van der Waals surface area contributed by atoms with Crippen LogP contribution in [-0.2, 0) is 30.7 Å². The Bertz CT molecular complexity index is 827. The molecule has 4 rings (SSSR count). The highest BCUT2D eigenvalue weighted by Gasteiger charge is 2.32. The summed E-state index contributed by atoms with van der Waals surface area (Å²) in [7, 11) is 4.09. The van der Waals surface area contributed by atoms with E-state index in [-0.39, 0.29) is 11.9 Å². The van der Waals surface area contributed by atoms with Gasteiger partial charge in [-0.25, -0.2) is 0 Å². The Labute approximate surface area is 154 Å². The average Bonchev–Trinajstić information content (AvgIpc) is 3.20. The van der Waals surface area contributed by atoms with Crippen LogP contribution in [0.5, 0.6) is 0 Å². The Morgan fingerprint density at radius 3 is 3.00 bits per heavy atom. The van der Waals surface area contributed by atoms with Crippen LogP contribution >= 0.6 is 0 Å². The molecule has 0 saturated heterocycles. The molecule has 2 aromatic rings. The number of hydrogen-bond acceptors (Lipinski definition) is 5. The van der Waals surface area contributed by atoms with Gasteiger partial charge in [-0.1, -0.05) is 12.1 Å². The molecule has 0 spiro atoms. The smallest absolute Gasteiger partial charge is 0.227 e. The first-order valence-electron chi connectivity index (χ1n) is 9.20. The molecular weight excluding hydrogens is 328 g/mol. The van der Waals surface area contributed by atoms with Gasteiger partial charge in [0.15, 0.2) is 5.82 Å². The molecule has 1 unspecified atom stereocenters. The zero-order chi connectivity index (χ0) is 18.3. The Kier molecular flexibility index (Phi) is 4.40. The van der Waals surface area contributed by atoms with Crippen LogP contribution in [0.15, 0.2) is 18.2 Å². The summed E-state index contributed by atoms with van der Waals surface area (Å²) in [6, 6.07) is 6.48. The molecule has 1 aromatic heterocycles. The Morgan fingerprint density at radius 1 is 1.35 bits per heavy atom. The number of nitrogens with zero attached hydrogens (tertiary/aromatic N) is 5. The van der Waals surface area contributed by atoms with Gasteiger partial charge < -0.3 is 19.7 Å². The number of anilines is 1. The van der Waals surface area contributed by atoms with E-state index in [4.69, 9.17) is 0 Å². The van der Waals surface area contributed by atoms with Crippen molar-refractivity contribution < 1.29 is 4.79 Å². The molecule has 1 atom stereocenters. The molecule has 0 saturated carbocycles. The lowest BCUT2D eigenvalue weighted by Gasteiger charge is -2.37. The van der Waals surface area contributed by atoms with Crippen molar-refractivity contribution in [1.29, 1.82) is 0 Å². The fourth-order valence-electron chi connectivity index (χ4n) is 3.96. The number of nitrogens with one attached hydrogen (secondary N) is 1. The summed E-state index contributed by atoms with van der Waals surface area (Å²) >= 11 is 0. The normalized spacial score (nSPS) is 18.6. The first-order chi connectivity index (χ1) is 12.5. The van der Waals surface area contributed by atoms with Crippen LogP contribution < -0.4 is 5.32 Å². The summed E-state index contributed by atoms with van der Waals surface area (Å²) in [6.45, 7) is 5.07. The van der Waals surface area contributed by atoms with Crippen molar-refractivity contribution in [2.45, 2.75) is 38.9 Å². The van der Waals surface area contributed by atoms with E-state index < -0.39 is 0 Å². The lowest BCUT2D eigenvalue weighted by atomic mass is 10.0. The van der Waals surface area contributed by atoms with Crippen molar-refractivity contribution in [2.24, 2.45) is 0 Å². The molecule has 2 aliphatic heterocycles. The van der Waals surface area contributed by atoms with Crippen LogP contribution in [-0.4, -0.2) is 63.7 Å². The van der Waals surface area contributed by atoms with E-state index in [1.807, 2.05) is 25.9 Å². The van der Waals surface area contributed by atoms with Gasteiger partial charge in [-0.15, -0.1) is 10.2 Å². The van der Waals surface area contributed by atoms with Crippen LogP contribution in [0.25, 0.3) is 0 Å². The van der Waals surface area contributed by atoms with E-state index in [9.17, 15) is 4.79 Å². The standard InChI is InChI=1S/C19H26N6O/c1-13-21-22-18-12-25(16(10-23(2)3)11-24(13)18)19(26)9-14-4-5-15-6-7-20-17(15)8-14/h4-5,8,16,20H,6-7,9-12H2,1-3H3. The van der Waals surface area contributed by atoms with E-state index in [1.165, 1.54) is 11.3 Å². The summed E-state index contributed by atoms with van der Waals surface area (Å²) < 4.78 is 2.14. The number of carbonyl (C=O) groups excluding carboxylic acids is 1. The number of aryl methyl sites for hydroxylation is 1. The number of hydrogen-bond donors (Lipinski definition) is 1. The molecule has 1 N–H and O–H groups in total. The first kappa shape index (κ1) is 17.0. The van der Waals surface area contributed by atoms with Crippen molar-refractivity contribution in [1.82, 2.24) is 24.6 Å². The minimum atomic E-state index is 0.132. The van der Waals surface area contributed by atoms with Crippen LogP contribution in [0, 0.1) is 6.92 Å². The predicted molar refractivity (Wildman–Crippen MR) is 100.0 cm³/mol. The van der Waals surface area contributed by atoms with Gasteiger partial charge in [0.2, 0.25) is 5.91 Å². The Hall–Kier alpha value is -2.41. The van der Waals surface area contributed by atoms with Crippen LogP contribution in [0.1, 0.15) is 22.8 Å². The van der Waals surface area contributed by atoms with Gasteiger partial charge in [0.25, 0.3) is 0 Å². The maximum Gasteiger partial charge on any atom is 0.227 e. The van der Waals surface area contributed by atoms with Crippen molar-refractivity contribution in [3.8, 4) is 0 Å². The number of likely N-dealkylation sites (N-methyl/N-ethyl adjacent to an activating group) is 1. The van der Waals surface area contributed by atoms with Gasteiger partial charge in [0.05, 0.1) is 19.0 Å². The molecule has 3 heterocycles. The first-order valence-corrected chi connectivity index (χ1v) is 9.20. The van der Waals surface area contributed by atoms with Crippen molar-refractivity contribution in [3.63, 3.8) is 0 Å². The van der Waals surface area contributed by atoms with E-state index in [0.29, 0.717) is 13.0 Å². The molecule has 0 aliphatic carbocycles. The minimum absolute atomic E-state index is 0.132. The third-order valence-electron chi connectivity index (χ3n) is 5.29. The molecule has 1 aromatic carbocycles. The summed E-state index contributed by atoms with van der Waals surface area (Å²) in [6.07, 6.45) is 1.49. The quantitative estimate of drug-likeness (QED) is 0.890. The maximum atomic E-state index is 13.1. The fraction of sp³-hybridized carbons (Fsp3) is 0.526. The number of fused-ring (bicyclic) bond motifs is 2. The summed E-state index contributed by atoms with van der Waals surface area (Å²) in [5.41, 5.74) is 3.58. The molecule has 7 heteroatoms. The van der Waals surface area contributed by atoms with E-state index >= 15 is 0 Å². The van der Waals surface area contributed by atoms with Gasteiger partial charge in [-0.2, -0.15) is 0 Å². The van der Waals surface area contributed by atoms with Crippen LogP contribution in [0.2, 0.25) is 0 Å². The van der Waals surface area contributed by atoms with Crippen molar-refractivity contribution in [3.05, 3.63) is 41.0 Å². The third kappa shape index (κ3) is 3.19. The molecule has 0 fully saturated rings. The predicted octanol–water partition coefficient (Wildman–Crippen LogP) is 1.07. The zero-order valence-electron chi connectivity index (χ0n) is 15.7. The van der Waals surface area contributed by atoms with E-state index in [2.05, 4.69) is 43.2 Å². The number of rotatable bonds is 4. The zero-order valence-corrected chi connectivity index (χ0v) is 15.7. The summed E-state index contributed by atoms with van der Waals surface area (Å²) in [5.74, 6) is 1.95. The van der Waals surface area contributed by atoms with Crippen molar-refractivity contribution >= 4 is 11.6 Å². The second kappa shape index (κ2) is 6.72. The van der Waals surface area contributed by atoms with Gasteiger partial charge in [-0.05, 0) is 44.6 Å². The van der Waals surface area contributed by atoms with Crippen LogP contribution in [0.4, 0.5) is 5.69 Å². The van der Waals surface area contributed by atoms with Crippen molar-refractivity contribution in [2.75, 3.05) is 32.5 Å². The van der Waals surface area contributed by atoms with E-state index in [1.54, 1.807) is 0 Å². The Morgan fingerprint density at radius 2 is 2.19 bits per heavy atom. The van der Waals surface area contributed by atoms with E-state index in [0.717, 1.165) is 43.3 Å². The second-order valence-corrected chi connectivity index (χ2v) is 7.56. The van der Waals surface area contributed by atoms with Gasteiger partial charge >= 0.3 is 0 Å². The topological polar surface area (TPSA) is 66.3 Å². The maximum absolute atomic E-state index is 13.1. The molecule has 7 nitrogen and oxygen atoms in total. The Balaban J connectivity index is 1.54. The molecular formula is C19H26N6O. The minimum Gasteiger partial charge on any atom is -0.384 e. The third-order valence-corrected chi connectivity index (χ3v) is 5.29. The highest BCUT2D eigenvalue weighted by atomic mass is 16.2. The summed E-state index contributed by atoms with van der Waals surface area (Å²) in [5, 5.41) is 11.8. The fourth-order valence-corrected chi connectivity index (χ4v) is 3.96. The second-order valence-electron chi connectivity index (χ2n) is 7.56. The monoisotopic (exact) mass is 354 g/mol. The largest absolute Gasteiger partial charge is 0.384 e. The molecule has 0 bridgehead atoms. The van der Waals surface area contributed by atoms with Gasteiger partial charge in [0, 0.05) is 25.3 Å². The molecule has 1 amide bonds. The number of benzene rings is 1. The highest BCUT2D eigenvalue weighted by molar-refractivity contribution is 5.79. The molecule has 0 radical (unpaired) electrons. The molecule has 2 aliphatic rings. The summed E-state index contributed by atoms with van der Waals surface area (Å²) in [4.78, 5) is 17.2. The number of amides is 1. The lowest BCUT2D eigenvalue weighted by Crippen LogP contribution is -2.51. The van der Waals surface area contributed by atoms with Gasteiger partial charge in [-0.3, -0.25) is 4.79 Å². The lowest BCUT2D eigenvalue weighted by molar-refractivity contribution is -0.135. The highest BCUT2D eigenvalue weighted by Crippen LogP contribution is 2.25. The number of carbonyl (C=O) groups is 1. The average molecular weight is 354 g/mol. The molecule has 26 heavy (non-hydrogen) atoms. The SMILES string of the molecule is Cc1nnc2n1CC(CN(C)C)N(C(=O)Cc1ccc3c(c1)NCC3)C2. The van der Waals surface area contributed by atoms with Crippen LogP contribution in [0.3, 0.4) is 0 Å². The molecule has 138 valence electrons.